The molecule has 6 heteroatoms. The Morgan fingerprint density at radius 1 is 1.32 bits per heavy atom. The number of hydrogen-bond donors (Lipinski definition) is 0. The van der Waals surface area contributed by atoms with Gasteiger partial charge in [-0.15, -0.1) is 0 Å². The van der Waals surface area contributed by atoms with Crippen molar-refractivity contribution < 1.29 is 4.92 Å². The van der Waals surface area contributed by atoms with Gasteiger partial charge in [0.25, 0.3) is 0 Å². The first-order chi connectivity index (χ1) is 8.99. The lowest BCUT2D eigenvalue weighted by Gasteiger charge is -2.18. The molecule has 1 aromatic carbocycles. The number of rotatable bonds is 3. The first-order valence-electron chi connectivity index (χ1n) is 5.60. The minimum atomic E-state index is -0.467. The lowest BCUT2D eigenvalue weighted by molar-refractivity contribution is -0.384. The number of hydrogen-bond acceptors (Lipinski definition) is 4. The molecule has 0 atom stereocenters. The molecule has 0 aliphatic heterocycles. The quantitative estimate of drug-likeness (QED) is 0.487. The maximum absolute atomic E-state index is 11.0. The van der Waals surface area contributed by atoms with E-state index in [9.17, 15) is 10.1 Å². The van der Waals surface area contributed by atoms with Gasteiger partial charge < -0.3 is 4.90 Å². The summed E-state index contributed by atoms with van der Waals surface area (Å²) in [6, 6.07) is 10.4. The number of benzene rings is 1. The summed E-state index contributed by atoms with van der Waals surface area (Å²) in [6.07, 6.45) is 0. The van der Waals surface area contributed by atoms with Crippen molar-refractivity contribution in [2.45, 2.75) is 6.92 Å². The molecular weight excluding hydrogens is 266 g/mol. The Bertz CT molecular complexity index is 631. The number of aryl methyl sites for hydroxylation is 1. The van der Waals surface area contributed by atoms with E-state index in [2.05, 4.69) is 4.98 Å². The third-order valence-electron chi connectivity index (χ3n) is 2.72. The average Bonchev–Trinajstić information content (AvgIpc) is 2.37. The van der Waals surface area contributed by atoms with E-state index in [1.165, 1.54) is 12.1 Å². The predicted molar refractivity (Wildman–Crippen MR) is 75.1 cm³/mol. The first-order valence-corrected chi connectivity index (χ1v) is 5.98. The normalized spacial score (nSPS) is 10.3. The van der Waals surface area contributed by atoms with Crippen molar-refractivity contribution in [1.29, 1.82) is 0 Å². The molecule has 0 unspecified atom stereocenters. The average molecular weight is 278 g/mol. The summed E-state index contributed by atoms with van der Waals surface area (Å²) in [5.74, 6) is 0.225. The van der Waals surface area contributed by atoms with Crippen LogP contribution in [-0.2, 0) is 0 Å². The van der Waals surface area contributed by atoms with E-state index in [1.54, 1.807) is 11.9 Å². The van der Waals surface area contributed by atoms with Gasteiger partial charge in [-0.2, -0.15) is 0 Å². The van der Waals surface area contributed by atoms with Crippen LogP contribution in [0, 0.1) is 17.0 Å². The van der Waals surface area contributed by atoms with Gasteiger partial charge in [0.1, 0.15) is 5.15 Å². The van der Waals surface area contributed by atoms with Crippen LogP contribution in [0.15, 0.2) is 36.4 Å². The Balaban J connectivity index is 2.51. The van der Waals surface area contributed by atoms with Gasteiger partial charge in [-0.05, 0) is 30.7 Å². The van der Waals surface area contributed by atoms with Gasteiger partial charge >= 0.3 is 5.69 Å². The van der Waals surface area contributed by atoms with Crippen molar-refractivity contribution in [3.8, 4) is 0 Å². The van der Waals surface area contributed by atoms with Crippen LogP contribution in [0.5, 0.6) is 0 Å². The van der Waals surface area contributed by atoms with E-state index in [1.807, 2.05) is 31.2 Å². The zero-order valence-corrected chi connectivity index (χ0v) is 11.3. The number of anilines is 2. The molecule has 19 heavy (non-hydrogen) atoms. The topological polar surface area (TPSA) is 59.3 Å². The smallest absolute Gasteiger partial charge is 0.312 e. The monoisotopic (exact) mass is 277 g/mol. The lowest BCUT2D eigenvalue weighted by Crippen LogP contribution is -2.13. The van der Waals surface area contributed by atoms with E-state index < -0.39 is 4.92 Å². The molecule has 2 rings (SSSR count). The minimum Gasteiger partial charge on any atom is -0.324 e. The van der Waals surface area contributed by atoms with E-state index in [0.717, 1.165) is 11.3 Å². The van der Waals surface area contributed by atoms with Gasteiger partial charge in [-0.25, -0.2) is 4.98 Å². The summed E-state index contributed by atoms with van der Waals surface area (Å²) in [5.41, 5.74) is 1.81. The van der Waals surface area contributed by atoms with Gasteiger partial charge in [-0.3, -0.25) is 10.1 Å². The van der Waals surface area contributed by atoms with E-state index in [-0.39, 0.29) is 16.7 Å². The minimum absolute atomic E-state index is 0.0755. The molecule has 0 amide bonds. The van der Waals surface area contributed by atoms with Crippen molar-refractivity contribution >= 4 is 28.8 Å². The highest BCUT2D eigenvalue weighted by molar-refractivity contribution is 6.29. The molecule has 1 heterocycles. The highest BCUT2D eigenvalue weighted by Crippen LogP contribution is 2.31. The summed E-state index contributed by atoms with van der Waals surface area (Å²) in [6.45, 7) is 1.96. The highest BCUT2D eigenvalue weighted by Gasteiger charge is 2.20. The van der Waals surface area contributed by atoms with Crippen LogP contribution in [0.4, 0.5) is 17.2 Å². The summed E-state index contributed by atoms with van der Waals surface area (Å²) in [7, 11) is 1.72. The second-order valence-electron chi connectivity index (χ2n) is 4.13. The Labute approximate surface area is 115 Å². The van der Waals surface area contributed by atoms with E-state index >= 15 is 0 Å². The molecule has 0 saturated carbocycles. The van der Waals surface area contributed by atoms with Crippen LogP contribution in [0.3, 0.4) is 0 Å². The molecule has 0 aliphatic rings. The fraction of sp³-hybridized carbons (Fsp3) is 0.154. The fourth-order valence-electron chi connectivity index (χ4n) is 1.77. The van der Waals surface area contributed by atoms with E-state index in [0.29, 0.717) is 0 Å². The SMILES string of the molecule is Cc1cccc(N(C)c2nc(Cl)ccc2[N+](=O)[O-])c1. The molecule has 0 radical (unpaired) electrons. The third-order valence-corrected chi connectivity index (χ3v) is 2.93. The summed E-state index contributed by atoms with van der Waals surface area (Å²) >= 11 is 5.82. The largest absolute Gasteiger partial charge is 0.324 e. The molecule has 0 N–H and O–H groups in total. The Kier molecular flexibility index (Phi) is 3.66. The van der Waals surface area contributed by atoms with Crippen LogP contribution < -0.4 is 4.90 Å². The van der Waals surface area contributed by atoms with Crippen LogP contribution in [0.25, 0.3) is 0 Å². The Morgan fingerprint density at radius 2 is 2.05 bits per heavy atom. The fourth-order valence-corrected chi connectivity index (χ4v) is 1.91. The lowest BCUT2D eigenvalue weighted by atomic mass is 10.2. The number of nitro groups is 1. The highest BCUT2D eigenvalue weighted by atomic mass is 35.5. The van der Waals surface area contributed by atoms with Crippen molar-refractivity contribution in [3.05, 3.63) is 57.2 Å². The molecule has 0 saturated heterocycles. The number of nitrogens with zero attached hydrogens (tertiary/aromatic N) is 3. The van der Waals surface area contributed by atoms with Crippen LogP contribution >= 0.6 is 11.6 Å². The molecule has 5 nitrogen and oxygen atoms in total. The van der Waals surface area contributed by atoms with Gasteiger partial charge in [0.2, 0.25) is 5.82 Å². The van der Waals surface area contributed by atoms with Gasteiger partial charge in [0, 0.05) is 18.8 Å². The number of pyridine rings is 1. The Hall–Kier alpha value is -2.14. The predicted octanol–water partition coefficient (Wildman–Crippen LogP) is 3.72. The molecule has 1 aromatic heterocycles. The first kappa shape index (κ1) is 13.3. The molecule has 0 fully saturated rings. The standard InChI is InChI=1S/C13H12ClN3O2/c1-9-4-3-5-10(8-9)16(2)13-11(17(18)19)6-7-12(14)15-13/h3-8H,1-2H3. The summed E-state index contributed by atoms with van der Waals surface area (Å²) in [4.78, 5) is 16.3. The van der Waals surface area contributed by atoms with Crippen molar-refractivity contribution in [2.75, 3.05) is 11.9 Å². The summed E-state index contributed by atoms with van der Waals surface area (Å²) < 4.78 is 0. The van der Waals surface area contributed by atoms with Crippen LogP contribution in [0.1, 0.15) is 5.56 Å². The van der Waals surface area contributed by atoms with Crippen molar-refractivity contribution in [3.63, 3.8) is 0 Å². The second kappa shape index (κ2) is 5.24. The molecule has 98 valence electrons. The molecule has 0 aliphatic carbocycles. The second-order valence-corrected chi connectivity index (χ2v) is 4.52. The third kappa shape index (κ3) is 2.82. The number of aromatic nitrogens is 1. The summed E-state index contributed by atoms with van der Waals surface area (Å²) in [5, 5.41) is 11.3. The van der Waals surface area contributed by atoms with Gasteiger partial charge in [-0.1, -0.05) is 23.7 Å². The molecule has 2 aromatic rings. The maximum atomic E-state index is 11.0. The van der Waals surface area contributed by atoms with Crippen LogP contribution in [-0.4, -0.2) is 17.0 Å². The molecule has 0 spiro atoms. The molecular formula is C13H12ClN3O2. The zero-order chi connectivity index (χ0) is 14.0. The zero-order valence-electron chi connectivity index (χ0n) is 10.5. The van der Waals surface area contributed by atoms with Gasteiger partial charge in [0.15, 0.2) is 0 Å². The molecule has 0 bridgehead atoms. The van der Waals surface area contributed by atoms with Gasteiger partial charge in [0.05, 0.1) is 4.92 Å². The maximum Gasteiger partial charge on any atom is 0.312 e. The number of halogens is 1. The van der Waals surface area contributed by atoms with E-state index in [4.69, 9.17) is 11.6 Å². The van der Waals surface area contributed by atoms with Crippen molar-refractivity contribution in [1.82, 2.24) is 4.98 Å². The van der Waals surface area contributed by atoms with Crippen LogP contribution in [0.2, 0.25) is 5.15 Å². The Morgan fingerprint density at radius 3 is 2.68 bits per heavy atom. The van der Waals surface area contributed by atoms with Crippen molar-refractivity contribution in [2.24, 2.45) is 0 Å².